The standard InChI is InChI=1S/C24H34N2O2/c1-8-19-11-10-12-20(9-2)22(19)25-24(28)21-18(7)26(14-13-15(3)4)17(6)16(5)23(21)27/h10-12,15H,8-9,13-14H2,1-7H3,(H,25,28). The molecule has 0 atom stereocenters. The third-order valence-corrected chi connectivity index (χ3v) is 5.68. The van der Waals surface area contributed by atoms with E-state index in [1.807, 2.05) is 39.0 Å². The lowest BCUT2D eigenvalue weighted by Gasteiger charge is -2.21. The van der Waals surface area contributed by atoms with Crippen molar-refractivity contribution in [1.29, 1.82) is 0 Å². The number of carbonyl (C=O) groups excluding carboxylic acids is 1. The summed E-state index contributed by atoms with van der Waals surface area (Å²) in [5.74, 6) is 0.249. The van der Waals surface area contributed by atoms with Gasteiger partial charge in [-0.15, -0.1) is 0 Å². The average molecular weight is 383 g/mol. The van der Waals surface area contributed by atoms with Crippen molar-refractivity contribution in [3.8, 4) is 0 Å². The Labute approximate surface area is 169 Å². The number of benzene rings is 1. The van der Waals surface area contributed by atoms with Crippen LogP contribution in [0.3, 0.4) is 0 Å². The smallest absolute Gasteiger partial charge is 0.261 e. The number of nitrogens with one attached hydrogen (secondary N) is 1. The van der Waals surface area contributed by atoms with Crippen molar-refractivity contribution >= 4 is 11.6 Å². The van der Waals surface area contributed by atoms with Crippen LogP contribution < -0.4 is 10.7 Å². The molecule has 4 heteroatoms. The van der Waals surface area contributed by atoms with Crippen LogP contribution in [0.5, 0.6) is 0 Å². The Balaban J connectivity index is 2.54. The van der Waals surface area contributed by atoms with Gasteiger partial charge in [-0.1, -0.05) is 45.9 Å². The van der Waals surface area contributed by atoms with E-state index in [0.717, 1.165) is 54.0 Å². The summed E-state index contributed by atoms with van der Waals surface area (Å²) >= 11 is 0. The summed E-state index contributed by atoms with van der Waals surface area (Å²) < 4.78 is 2.12. The molecule has 0 unspecified atom stereocenters. The number of nitrogens with zero attached hydrogens (tertiary/aromatic N) is 1. The fourth-order valence-electron chi connectivity index (χ4n) is 3.67. The zero-order valence-electron chi connectivity index (χ0n) is 18.4. The number of para-hydroxylation sites is 1. The third-order valence-electron chi connectivity index (χ3n) is 5.68. The maximum absolute atomic E-state index is 13.2. The van der Waals surface area contributed by atoms with E-state index in [1.165, 1.54) is 0 Å². The first kappa shape index (κ1) is 21.9. The molecule has 2 rings (SSSR count). The summed E-state index contributed by atoms with van der Waals surface area (Å²) in [4.78, 5) is 26.2. The quantitative estimate of drug-likeness (QED) is 0.716. The molecule has 0 saturated carbocycles. The molecular weight excluding hydrogens is 348 g/mol. The van der Waals surface area contributed by atoms with Crippen LogP contribution in [0.2, 0.25) is 0 Å². The van der Waals surface area contributed by atoms with Gasteiger partial charge in [-0.3, -0.25) is 9.59 Å². The number of anilines is 1. The van der Waals surface area contributed by atoms with Crippen LogP contribution in [-0.4, -0.2) is 10.5 Å². The Kier molecular flexibility index (Phi) is 7.22. The van der Waals surface area contributed by atoms with Gasteiger partial charge in [0.1, 0.15) is 5.56 Å². The van der Waals surface area contributed by atoms with Gasteiger partial charge >= 0.3 is 0 Å². The zero-order valence-corrected chi connectivity index (χ0v) is 18.4. The lowest BCUT2D eigenvalue weighted by molar-refractivity contribution is 0.102. The second-order valence-corrected chi connectivity index (χ2v) is 7.95. The van der Waals surface area contributed by atoms with E-state index < -0.39 is 0 Å². The molecule has 1 amide bonds. The summed E-state index contributed by atoms with van der Waals surface area (Å²) in [7, 11) is 0. The van der Waals surface area contributed by atoms with Crippen LogP contribution >= 0.6 is 0 Å². The maximum Gasteiger partial charge on any atom is 0.261 e. The lowest BCUT2D eigenvalue weighted by atomic mass is 10.0. The summed E-state index contributed by atoms with van der Waals surface area (Å²) in [5.41, 5.74) is 5.48. The Morgan fingerprint density at radius 3 is 2.11 bits per heavy atom. The van der Waals surface area contributed by atoms with Crippen molar-refractivity contribution in [1.82, 2.24) is 4.57 Å². The van der Waals surface area contributed by atoms with Gasteiger partial charge in [-0.05, 0) is 57.1 Å². The molecule has 0 aliphatic carbocycles. The number of amides is 1. The molecule has 0 aliphatic heterocycles. The highest BCUT2D eigenvalue weighted by atomic mass is 16.2. The predicted molar refractivity (Wildman–Crippen MR) is 118 cm³/mol. The van der Waals surface area contributed by atoms with Crippen molar-refractivity contribution in [2.24, 2.45) is 5.92 Å². The van der Waals surface area contributed by atoms with E-state index in [4.69, 9.17) is 0 Å². The minimum absolute atomic E-state index is 0.166. The van der Waals surface area contributed by atoms with Crippen LogP contribution in [0, 0.1) is 26.7 Å². The number of aromatic nitrogens is 1. The molecule has 1 heterocycles. The second kappa shape index (κ2) is 9.22. The molecule has 0 fully saturated rings. The Morgan fingerprint density at radius 1 is 1.04 bits per heavy atom. The van der Waals surface area contributed by atoms with E-state index in [2.05, 4.69) is 37.6 Å². The highest BCUT2D eigenvalue weighted by Gasteiger charge is 2.21. The van der Waals surface area contributed by atoms with Gasteiger partial charge in [0.15, 0.2) is 5.43 Å². The largest absolute Gasteiger partial charge is 0.348 e. The average Bonchev–Trinajstić information content (AvgIpc) is 2.66. The minimum Gasteiger partial charge on any atom is -0.348 e. The van der Waals surface area contributed by atoms with Gasteiger partial charge in [0.25, 0.3) is 5.91 Å². The van der Waals surface area contributed by atoms with Gasteiger partial charge in [-0.25, -0.2) is 0 Å². The fraction of sp³-hybridized carbons (Fsp3) is 0.500. The number of aryl methyl sites for hydroxylation is 2. The summed E-state index contributed by atoms with van der Waals surface area (Å²) in [6.07, 6.45) is 2.66. The van der Waals surface area contributed by atoms with E-state index in [9.17, 15) is 9.59 Å². The lowest BCUT2D eigenvalue weighted by Crippen LogP contribution is -2.30. The molecule has 0 bridgehead atoms. The highest BCUT2D eigenvalue weighted by molar-refractivity contribution is 6.06. The molecule has 0 saturated heterocycles. The van der Waals surface area contributed by atoms with Gasteiger partial charge in [0.2, 0.25) is 0 Å². The molecule has 0 radical (unpaired) electrons. The first-order chi connectivity index (χ1) is 13.2. The number of rotatable bonds is 7. The molecule has 0 spiro atoms. The van der Waals surface area contributed by atoms with Crippen LogP contribution in [-0.2, 0) is 19.4 Å². The molecule has 0 aliphatic rings. The molecule has 4 nitrogen and oxygen atoms in total. The summed E-state index contributed by atoms with van der Waals surface area (Å²) in [6.45, 7) is 15.0. The van der Waals surface area contributed by atoms with Crippen molar-refractivity contribution < 1.29 is 4.79 Å². The van der Waals surface area contributed by atoms with Gasteiger partial charge < -0.3 is 9.88 Å². The molecule has 1 aromatic carbocycles. The van der Waals surface area contributed by atoms with Gasteiger partial charge in [0, 0.05) is 29.2 Å². The molecular formula is C24H34N2O2. The summed E-state index contributed by atoms with van der Waals surface area (Å²) in [5, 5.41) is 3.07. The van der Waals surface area contributed by atoms with E-state index in [0.29, 0.717) is 11.5 Å². The fourth-order valence-corrected chi connectivity index (χ4v) is 3.67. The highest BCUT2D eigenvalue weighted by Crippen LogP contribution is 2.24. The number of carbonyl (C=O) groups is 1. The van der Waals surface area contributed by atoms with Crippen LogP contribution in [0.4, 0.5) is 5.69 Å². The second-order valence-electron chi connectivity index (χ2n) is 7.95. The van der Waals surface area contributed by atoms with Crippen molar-refractivity contribution in [3.05, 3.63) is 62.1 Å². The number of hydrogen-bond acceptors (Lipinski definition) is 2. The molecule has 2 aromatic rings. The van der Waals surface area contributed by atoms with E-state index in [-0.39, 0.29) is 16.9 Å². The van der Waals surface area contributed by atoms with Crippen molar-refractivity contribution in [2.45, 2.75) is 74.3 Å². The number of hydrogen-bond donors (Lipinski definition) is 1. The molecule has 1 N–H and O–H groups in total. The third kappa shape index (κ3) is 4.37. The molecule has 28 heavy (non-hydrogen) atoms. The van der Waals surface area contributed by atoms with Crippen LogP contribution in [0.15, 0.2) is 23.0 Å². The predicted octanol–water partition coefficient (Wildman–Crippen LogP) is 5.20. The normalized spacial score (nSPS) is 11.1. The topological polar surface area (TPSA) is 51.1 Å². The van der Waals surface area contributed by atoms with E-state index >= 15 is 0 Å². The maximum atomic E-state index is 13.2. The monoisotopic (exact) mass is 382 g/mol. The van der Waals surface area contributed by atoms with Gasteiger partial charge in [0.05, 0.1) is 0 Å². The molecule has 152 valence electrons. The number of pyridine rings is 1. The van der Waals surface area contributed by atoms with Crippen molar-refractivity contribution in [2.75, 3.05) is 5.32 Å². The van der Waals surface area contributed by atoms with Crippen LogP contribution in [0.1, 0.15) is 72.6 Å². The first-order valence-corrected chi connectivity index (χ1v) is 10.3. The Hall–Kier alpha value is -2.36. The first-order valence-electron chi connectivity index (χ1n) is 10.3. The SMILES string of the molecule is CCc1cccc(CC)c1NC(=O)c1c(C)n(CCC(C)C)c(C)c(C)c1=O. The minimum atomic E-state index is -0.306. The Morgan fingerprint density at radius 2 is 1.61 bits per heavy atom. The van der Waals surface area contributed by atoms with Crippen LogP contribution in [0.25, 0.3) is 0 Å². The Bertz CT molecular complexity index is 901. The molecule has 1 aromatic heterocycles. The zero-order chi connectivity index (χ0) is 21.0. The van der Waals surface area contributed by atoms with Crippen molar-refractivity contribution in [3.63, 3.8) is 0 Å². The van der Waals surface area contributed by atoms with E-state index in [1.54, 1.807) is 0 Å². The summed E-state index contributed by atoms with van der Waals surface area (Å²) in [6, 6.07) is 6.08. The van der Waals surface area contributed by atoms with Gasteiger partial charge in [-0.2, -0.15) is 0 Å².